The van der Waals surface area contributed by atoms with Crippen LogP contribution in [0.2, 0.25) is 0 Å². The molecular formula is C13H14FN3O2. The minimum Gasteiger partial charge on any atom is -0.379 e. The maximum atomic E-state index is 13.8. The summed E-state index contributed by atoms with van der Waals surface area (Å²) in [6.07, 6.45) is 1.84. The molecule has 1 saturated heterocycles. The Morgan fingerprint density at radius 3 is 3.11 bits per heavy atom. The van der Waals surface area contributed by atoms with Gasteiger partial charge >= 0.3 is 0 Å². The molecule has 0 aliphatic carbocycles. The zero-order valence-corrected chi connectivity index (χ0v) is 10.3. The van der Waals surface area contributed by atoms with Gasteiger partial charge in [-0.15, -0.1) is 0 Å². The molecule has 1 aromatic carbocycles. The molecule has 0 saturated carbocycles. The second kappa shape index (κ2) is 5.46. The third-order valence-electron chi connectivity index (χ3n) is 3.13. The van der Waals surface area contributed by atoms with E-state index < -0.39 is 0 Å². The van der Waals surface area contributed by atoms with Crippen LogP contribution in [-0.2, 0) is 11.2 Å². The fourth-order valence-electron chi connectivity index (χ4n) is 2.18. The van der Waals surface area contributed by atoms with Gasteiger partial charge in [0.2, 0.25) is 12.2 Å². The van der Waals surface area contributed by atoms with E-state index in [1.807, 2.05) is 0 Å². The molecule has 2 heterocycles. The Kier molecular flexibility index (Phi) is 3.52. The van der Waals surface area contributed by atoms with E-state index in [1.54, 1.807) is 12.1 Å². The average Bonchev–Trinajstić information content (AvgIpc) is 2.96. The Hall–Kier alpha value is -1.79. The first-order valence-electron chi connectivity index (χ1n) is 6.19. The predicted molar refractivity (Wildman–Crippen MR) is 66.0 cm³/mol. The van der Waals surface area contributed by atoms with Crippen molar-refractivity contribution in [3.8, 4) is 11.4 Å². The monoisotopic (exact) mass is 263 g/mol. The fraction of sp³-hybridized carbons (Fsp3) is 0.385. The molecule has 100 valence electrons. The average molecular weight is 263 g/mol. The summed E-state index contributed by atoms with van der Waals surface area (Å²) in [7, 11) is 0. The molecule has 2 aromatic rings. The number of rotatable bonds is 3. The number of hydrogen-bond acceptors (Lipinski definition) is 5. The van der Waals surface area contributed by atoms with Crippen molar-refractivity contribution in [3.05, 3.63) is 36.0 Å². The second-order valence-electron chi connectivity index (χ2n) is 4.49. The molecule has 6 heteroatoms. The molecule has 19 heavy (non-hydrogen) atoms. The van der Waals surface area contributed by atoms with E-state index in [0.29, 0.717) is 31.0 Å². The molecule has 1 aliphatic heterocycles. The molecule has 3 rings (SSSR count). The van der Waals surface area contributed by atoms with Gasteiger partial charge < -0.3 is 14.6 Å². The van der Waals surface area contributed by atoms with Gasteiger partial charge in [0.05, 0.1) is 13.2 Å². The van der Waals surface area contributed by atoms with Crippen LogP contribution in [0.25, 0.3) is 11.4 Å². The van der Waals surface area contributed by atoms with Crippen molar-refractivity contribution in [1.82, 2.24) is 15.5 Å². The zero-order chi connectivity index (χ0) is 13.1. The van der Waals surface area contributed by atoms with Gasteiger partial charge in [-0.3, -0.25) is 0 Å². The Labute approximate surface area is 109 Å². The van der Waals surface area contributed by atoms with Crippen LogP contribution in [0.15, 0.2) is 29.1 Å². The first-order valence-corrected chi connectivity index (χ1v) is 6.19. The zero-order valence-electron chi connectivity index (χ0n) is 10.3. The number of nitrogens with one attached hydrogen (secondary N) is 1. The van der Waals surface area contributed by atoms with E-state index in [2.05, 4.69) is 15.5 Å². The van der Waals surface area contributed by atoms with Crippen molar-refractivity contribution < 1.29 is 13.7 Å². The van der Waals surface area contributed by atoms with Crippen molar-refractivity contribution in [2.45, 2.75) is 12.5 Å². The molecule has 1 unspecified atom stereocenters. The summed E-state index contributed by atoms with van der Waals surface area (Å²) in [6.45, 7) is 2.12. The third-order valence-corrected chi connectivity index (χ3v) is 3.13. The summed E-state index contributed by atoms with van der Waals surface area (Å²) >= 11 is 0. The molecule has 1 fully saturated rings. The van der Waals surface area contributed by atoms with Crippen molar-refractivity contribution in [1.29, 1.82) is 0 Å². The van der Waals surface area contributed by atoms with Gasteiger partial charge in [0.25, 0.3) is 0 Å². The van der Waals surface area contributed by atoms with Gasteiger partial charge in [-0.2, -0.15) is 4.98 Å². The van der Waals surface area contributed by atoms with Crippen molar-refractivity contribution in [3.63, 3.8) is 0 Å². The standard InChI is InChI=1S/C13H14FN3O2/c14-12-2-1-9(13-16-8-19-17-13)5-10(12)6-11-7-18-4-3-15-11/h1-2,5,8,11,15H,3-4,6-7H2. The lowest BCUT2D eigenvalue weighted by Gasteiger charge is -2.24. The quantitative estimate of drug-likeness (QED) is 0.907. The van der Waals surface area contributed by atoms with E-state index in [-0.39, 0.29) is 11.9 Å². The minimum absolute atomic E-state index is 0.142. The predicted octanol–water partition coefficient (Wildman–Crippen LogP) is 1.41. The highest BCUT2D eigenvalue weighted by Gasteiger charge is 2.16. The number of halogens is 1. The lowest BCUT2D eigenvalue weighted by molar-refractivity contribution is 0.0767. The summed E-state index contributed by atoms with van der Waals surface area (Å²) in [5.41, 5.74) is 1.38. The second-order valence-corrected chi connectivity index (χ2v) is 4.49. The molecule has 1 atom stereocenters. The SMILES string of the molecule is Fc1ccc(-c2ncon2)cc1CC1COCCN1. The van der Waals surface area contributed by atoms with Gasteiger partial charge in [0.15, 0.2) is 0 Å². The van der Waals surface area contributed by atoms with E-state index in [9.17, 15) is 4.39 Å². The Morgan fingerprint density at radius 1 is 1.42 bits per heavy atom. The van der Waals surface area contributed by atoms with E-state index in [1.165, 1.54) is 12.5 Å². The highest BCUT2D eigenvalue weighted by molar-refractivity contribution is 5.55. The molecule has 0 radical (unpaired) electrons. The largest absolute Gasteiger partial charge is 0.379 e. The van der Waals surface area contributed by atoms with Gasteiger partial charge in [0, 0.05) is 18.2 Å². The first kappa shape index (κ1) is 12.3. The number of morpholine rings is 1. The number of nitrogens with zero attached hydrogens (tertiary/aromatic N) is 2. The molecule has 1 N–H and O–H groups in total. The van der Waals surface area contributed by atoms with Gasteiger partial charge in [0.1, 0.15) is 5.82 Å². The molecule has 1 aromatic heterocycles. The number of benzene rings is 1. The molecule has 0 amide bonds. The lowest BCUT2D eigenvalue weighted by atomic mass is 10.0. The van der Waals surface area contributed by atoms with Gasteiger partial charge in [-0.05, 0) is 30.2 Å². The van der Waals surface area contributed by atoms with Crippen molar-refractivity contribution >= 4 is 0 Å². The molecule has 0 spiro atoms. The van der Waals surface area contributed by atoms with Crippen molar-refractivity contribution in [2.75, 3.05) is 19.8 Å². The Balaban J connectivity index is 1.81. The van der Waals surface area contributed by atoms with Crippen LogP contribution in [0.5, 0.6) is 0 Å². The topological polar surface area (TPSA) is 60.2 Å². The molecular weight excluding hydrogens is 249 g/mol. The Morgan fingerprint density at radius 2 is 2.37 bits per heavy atom. The highest BCUT2D eigenvalue weighted by atomic mass is 19.1. The first-order chi connectivity index (χ1) is 9.33. The van der Waals surface area contributed by atoms with Gasteiger partial charge in [-0.1, -0.05) is 5.16 Å². The smallest absolute Gasteiger partial charge is 0.214 e. The lowest BCUT2D eigenvalue weighted by Crippen LogP contribution is -2.42. The normalized spacial score (nSPS) is 19.5. The minimum atomic E-state index is -0.223. The summed E-state index contributed by atoms with van der Waals surface area (Å²) in [6, 6.07) is 4.99. The number of aromatic nitrogens is 2. The van der Waals surface area contributed by atoms with Crippen molar-refractivity contribution in [2.24, 2.45) is 0 Å². The number of hydrogen-bond donors (Lipinski definition) is 1. The Bertz CT molecular complexity index is 539. The van der Waals surface area contributed by atoms with Crippen LogP contribution in [0.1, 0.15) is 5.56 Å². The van der Waals surface area contributed by atoms with Crippen LogP contribution >= 0.6 is 0 Å². The molecule has 0 bridgehead atoms. The van der Waals surface area contributed by atoms with Gasteiger partial charge in [-0.25, -0.2) is 4.39 Å². The van der Waals surface area contributed by atoms with Crippen LogP contribution < -0.4 is 5.32 Å². The van der Waals surface area contributed by atoms with Crippen LogP contribution in [0, 0.1) is 5.82 Å². The van der Waals surface area contributed by atoms with E-state index in [0.717, 1.165) is 12.1 Å². The fourth-order valence-corrected chi connectivity index (χ4v) is 2.18. The van der Waals surface area contributed by atoms with Crippen LogP contribution in [-0.4, -0.2) is 35.9 Å². The molecule has 5 nitrogen and oxygen atoms in total. The summed E-state index contributed by atoms with van der Waals surface area (Å²) < 4.78 is 23.9. The number of ether oxygens (including phenoxy) is 1. The summed E-state index contributed by atoms with van der Waals surface area (Å²) in [5, 5.41) is 7.06. The maximum absolute atomic E-state index is 13.8. The maximum Gasteiger partial charge on any atom is 0.214 e. The summed E-state index contributed by atoms with van der Waals surface area (Å²) in [4.78, 5) is 3.96. The van der Waals surface area contributed by atoms with Crippen LogP contribution in [0.4, 0.5) is 4.39 Å². The van der Waals surface area contributed by atoms with Crippen LogP contribution in [0.3, 0.4) is 0 Å². The summed E-state index contributed by atoms with van der Waals surface area (Å²) in [5.74, 6) is 0.244. The molecule has 1 aliphatic rings. The third kappa shape index (κ3) is 2.80. The van der Waals surface area contributed by atoms with E-state index in [4.69, 9.17) is 9.26 Å². The highest BCUT2D eigenvalue weighted by Crippen LogP contribution is 2.20. The van der Waals surface area contributed by atoms with E-state index >= 15 is 0 Å².